The van der Waals surface area contributed by atoms with Crippen LogP contribution in [-0.2, 0) is 19.1 Å². The third kappa shape index (κ3) is 7.61. The van der Waals surface area contributed by atoms with Crippen molar-refractivity contribution in [2.24, 2.45) is 11.3 Å². The first kappa shape index (κ1) is 19.9. The number of hydrogen-bond acceptors (Lipinski definition) is 6. The van der Waals surface area contributed by atoms with Crippen molar-refractivity contribution >= 4 is 24.0 Å². The van der Waals surface area contributed by atoms with Crippen molar-refractivity contribution in [2.75, 3.05) is 13.2 Å². The first-order valence-electron chi connectivity index (χ1n) is 6.99. The van der Waals surface area contributed by atoms with E-state index in [2.05, 4.69) is 0 Å². The first-order valence-corrected chi connectivity index (χ1v) is 6.99. The molecule has 0 aliphatic carbocycles. The standard InChI is InChI=1S/C14H24N2O6/c1-6-9(2)14(5,7-21-12(19)15-10(3)17)8-22-13(20)16-11(4)18/h9H,6-8H2,1-5H3,(H,15,17,19)(H,16,18,20). The van der Waals surface area contributed by atoms with Gasteiger partial charge < -0.3 is 9.47 Å². The second-order valence-corrected chi connectivity index (χ2v) is 5.48. The van der Waals surface area contributed by atoms with Crippen molar-refractivity contribution in [3.63, 3.8) is 0 Å². The molecule has 8 heteroatoms. The molecular weight excluding hydrogens is 292 g/mol. The van der Waals surface area contributed by atoms with Crippen molar-refractivity contribution in [3.8, 4) is 0 Å². The molecule has 0 fully saturated rings. The largest absolute Gasteiger partial charge is 0.449 e. The van der Waals surface area contributed by atoms with E-state index in [1.54, 1.807) is 6.92 Å². The van der Waals surface area contributed by atoms with Crippen LogP contribution in [0.1, 0.15) is 41.0 Å². The van der Waals surface area contributed by atoms with Crippen LogP contribution in [0.15, 0.2) is 0 Å². The van der Waals surface area contributed by atoms with Gasteiger partial charge in [0, 0.05) is 19.3 Å². The van der Waals surface area contributed by atoms with Gasteiger partial charge in [-0.15, -0.1) is 0 Å². The van der Waals surface area contributed by atoms with Crippen molar-refractivity contribution in [2.45, 2.75) is 41.0 Å². The van der Waals surface area contributed by atoms with E-state index in [0.717, 1.165) is 6.42 Å². The van der Waals surface area contributed by atoms with Crippen LogP contribution in [0.5, 0.6) is 0 Å². The van der Waals surface area contributed by atoms with Crippen molar-refractivity contribution in [3.05, 3.63) is 0 Å². The molecule has 0 radical (unpaired) electrons. The van der Waals surface area contributed by atoms with Gasteiger partial charge in [0.1, 0.15) is 13.2 Å². The fourth-order valence-corrected chi connectivity index (χ4v) is 1.64. The summed E-state index contributed by atoms with van der Waals surface area (Å²) in [7, 11) is 0. The summed E-state index contributed by atoms with van der Waals surface area (Å²) >= 11 is 0. The molecule has 1 atom stereocenters. The summed E-state index contributed by atoms with van der Waals surface area (Å²) in [4.78, 5) is 44.3. The van der Waals surface area contributed by atoms with Gasteiger partial charge in [-0.25, -0.2) is 9.59 Å². The SMILES string of the molecule is CCC(C)C(C)(COC(=O)NC(C)=O)COC(=O)NC(C)=O. The zero-order valence-electron chi connectivity index (χ0n) is 13.6. The Labute approximate surface area is 129 Å². The summed E-state index contributed by atoms with van der Waals surface area (Å²) in [5, 5.41) is 4.00. The van der Waals surface area contributed by atoms with E-state index in [9.17, 15) is 19.2 Å². The van der Waals surface area contributed by atoms with Gasteiger partial charge in [-0.1, -0.05) is 27.2 Å². The fourth-order valence-electron chi connectivity index (χ4n) is 1.64. The molecule has 8 nitrogen and oxygen atoms in total. The van der Waals surface area contributed by atoms with Gasteiger partial charge in [-0.2, -0.15) is 0 Å². The van der Waals surface area contributed by atoms with Crippen LogP contribution in [0.25, 0.3) is 0 Å². The van der Waals surface area contributed by atoms with Crippen molar-refractivity contribution in [1.29, 1.82) is 0 Å². The fraction of sp³-hybridized carbons (Fsp3) is 0.714. The zero-order chi connectivity index (χ0) is 17.3. The minimum atomic E-state index is -0.852. The Morgan fingerprint density at radius 1 is 0.955 bits per heavy atom. The topological polar surface area (TPSA) is 111 Å². The highest BCUT2D eigenvalue weighted by Gasteiger charge is 2.34. The van der Waals surface area contributed by atoms with Gasteiger partial charge in [-0.3, -0.25) is 20.2 Å². The number of alkyl carbamates (subject to hydrolysis) is 2. The van der Waals surface area contributed by atoms with Crippen molar-refractivity contribution in [1.82, 2.24) is 10.6 Å². The average molecular weight is 316 g/mol. The molecule has 4 amide bonds. The second-order valence-electron chi connectivity index (χ2n) is 5.48. The zero-order valence-corrected chi connectivity index (χ0v) is 13.6. The first-order chi connectivity index (χ1) is 10.1. The maximum atomic E-state index is 11.4. The Kier molecular flexibility index (Phi) is 8.14. The van der Waals surface area contributed by atoms with E-state index in [1.165, 1.54) is 13.8 Å². The molecule has 0 bridgehead atoms. The smallest absolute Gasteiger partial charge is 0.413 e. The molecule has 0 rings (SSSR count). The number of imide groups is 2. The highest BCUT2D eigenvalue weighted by molar-refractivity contribution is 5.90. The molecule has 0 saturated carbocycles. The summed E-state index contributed by atoms with van der Waals surface area (Å²) in [6.45, 7) is 8.01. The van der Waals surface area contributed by atoms with Crippen LogP contribution < -0.4 is 10.6 Å². The number of rotatable bonds is 6. The summed E-state index contributed by atoms with van der Waals surface area (Å²) < 4.78 is 10.0. The van der Waals surface area contributed by atoms with Crippen LogP contribution in [0, 0.1) is 11.3 Å². The van der Waals surface area contributed by atoms with Gasteiger partial charge in [0.15, 0.2) is 0 Å². The quantitative estimate of drug-likeness (QED) is 0.769. The number of amides is 4. The van der Waals surface area contributed by atoms with Gasteiger partial charge in [0.25, 0.3) is 0 Å². The predicted molar refractivity (Wildman–Crippen MR) is 77.9 cm³/mol. The lowest BCUT2D eigenvalue weighted by atomic mass is 9.78. The lowest BCUT2D eigenvalue weighted by Gasteiger charge is -2.33. The minimum Gasteiger partial charge on any atom is -0.449 e. The molecule has 22 heavy (non-hydrogen) atoms. The predicted octanol–water partition coefficient (Wildman–Crippen LogP) is 1.58. The highest BCUT2D eigenvalue weighted by Crippen LogP contribution is 2.30. The van der Waals surface area contributed by atoms with E-state index in [0.29, 0.717) is 0 Å². The molecule has 0 aromatic carbocycles. The Morgan fingerprint density at radius 2 is 1.32 bits per heavy atom. The van der Waals surface area contributed by atoms with E-state index in [4.69, 9.17) is 9.47 Å². The Morgan fingerprint density at radius 3 is 1.59 bits per heavy atom. The normalized spacial score (nSPS) is 12.0. The van der Waals surface area contributed by atoms with Gasteiger partial charge >= 0.3 is 12.2 Å². The summed E-state index contributed by atoms with van der Waals surface area (Å²) in [6, 6.07) is 0. The number of nitrogens with one attached hydrogen (secondary N) is 2. The molecule has 126 valence electrons. The number of ether oxygens (including phenoxy) is 2. The van der Waals surface area contributed by atoms with Gasteiger partial charge in [-0.05, 0) is 5.92 Å². The summed E-state index contributed by atoms with van der Waals surface area (Å²) in [5.74, 6) is -0.970. The Bertz CT molecular complexity index is 403. The summed E-state index contributed by atoms with van der Waals surface area (Å²) in [5.41, 5.74) is -0.642. The second kappa shape index (κ2) is 9.01. The molecule has 0 aliphatic heterocycles. The summed E-state index contributed by atoms with van der Waals surface area (Å²) in [6.07, 6.45) is -0.934. The van der Waals surface area contributed by atoms with Crippen molar-refractivity contribution < 1.29 is 28.7 Å². The Balaban J connectivity index is 4.65. The molecular formula is C14H24N2O6. The number of hydrogen-bond donors (Lipinski definition) is 2. The third-order valence-electron chi connectivity index (χ3n) is 3.42. The third-order valence-corrected chi connectivity index (χ3v) is 3.42. The van der Waals surface area contributed by atoms with E-state index in [-0.39, 0.29) is 19.1 Å². The Hall–Kier alpha value is -2.12. The van der Waals surface area contributed by atoms with Crippen LogP contribution in [0.3, 0.4) is 0 Å². The maximum absolute atomic E-state index is 11.4. The van der Waals surface area contributed by atoms with Crippen LogP contribution in [0.2, 0.25) is 0 Å². The van der Waals surface area contributed by atoms with E-state index in [1.807, 2.05) is 24.5 Å². The highest BCUT2D eigenvalue weighted by atomic mass is 16.6. The molecule has 2 N–H and O–H groups in total. The maximum Gasteiger partial charge on any atom is 0.413 e. The molecule has 0 saturated heterocycles. The molecule has 1 unspecified atom stereocenters. The molecule has 0 aromatic heterocycles. The number of carbonyl (C=O) groups is 4. The van der Waals surface area contributed by atoms with Gasteiger partial charge in [0.2, 0.25) is 11.8 Å². The van der Waals surface area contributed by atoms with Crippen LogP contribution in [0.4, 0.5) is 9.59 Å². The molecule has 0 heterocycles. The minimum absolute atomic E-state index is 0.0333. The average Bonchev–Trinajstić information content (AvgIpc) is 2.40. The van der Waals surface area contributed by atoms with Gasteiger partial charge in [0.05, 0.1) is 0 Å². The number of carbonyl (C=O) groups excluding carboxylic acids is 4. The van der Waals surface area contributed by atoms with E-state index < -0.39 is 29.4 Å². The molecule has 0 aromatic rings. The molecule has 0 aliphatic rings. The lowest BCUT2D eigenvalue weighted by molar-refractivity contribution is -0.119. The van der Waals surface area contributed by atoms with Crippen LogP contribution in [-0.4, -0.2) is 37.2 Å². The lowest BCUT2D eigenvalue weighted by Crippen LogP contribution is -2.41. The van der Waals surface area contributed by atoms with Crippen LogP contribution >= 0.6 is 0 Å². The monoisotopic (exact) mass is 316 g/mol. The molecule has 0 spiro atoms. The van der Waals surface area contributed by atoms with E-state index >= 15 is 0 Å².